The number of piperazine rings is 1. The van der Waals surface area contributed by atoms with Crippen LogP contribution in [-0.4, -0.2) is 140 Å². The van der Waals surface area contributed by atoms with Gasteiger partial charge in [0.25, 0.3) is 5.91 Å². The number of pyridine rings is 1. The van der Waals surface area contributed by atoms with Crippen LogP contribution in [0.2, 0.25) is 0 Å². The van der Waals surface area contributed by atoms with E-state index in [0.29, 0.717) is 60.7 Å². The van der Waals surface area contributed by atoms with Crippen LogP contribution in [0.1, 0.15) is 113 Å². The lowest BCUT2D eigenvalue weighted by Crippen LogP contribution is -2.53. The molecule has 0 radical (unpaired) electrons. The van der Waals surface area contributed by atoms with Gasteiger partial charge >= 0.3 is 0 Å². The molecule has 7 rings (SSSR count). The van der Waals surface area contributed by atoms with Crippen molar-refractivity contribution in [3.63, 3.8) is 0 Å². The molecule has 15 heteroatoms. The number of nitrogens with one attached hydrogen (secondary N) is 1. The van der Waals surface area contributed by atoms with Crippen molar-refractivity contribution in [2.75, 3.05) is 86.8 Å². The number of aromatic nitrogens is 1. The molecular formula is C54H78N10O5. The molecule has 2 aromatic carbocycles. The first kappa shape index (κ1) is 55.6. The van der Waals surface area contributed by atoms with E-state index in [2.05, 4.69) is 81.6 Å². The molecule has 0 bridgehead atoms. The Balaban J connectivity index is 0.00000166. The van der Waals surface area contributed by atoms with Crippen LogP contribution in [0.3, 0.4) is 0 Å². The number of aryl methyl sites for hydroxylation is 1. The largest absolute Gasteiger partial charge is 0.400 e. The first-order valence-corrected chi connectivity index (χ1v) is 24.8. The van der Waals surface area contributed by atoms with Crippen LogP contribution in [0.15, 0.2) is 89.0 Å². The normalized spacial score (nSPS) is 18.6. The first-order valence-electron chi connectivity index (χ1n) is 24.8. The molecule has 0 saturated carbocycles. The van der Waals surface area contributed by atoms with Crippen molar-refractivity contribution in [3.8, 4) is 0 Å². The monoisotopic (exact) mass is 947 g/mol. The van der Waals surface area contributed by atoms with Gasteiger partial charge in [0.05, 0.1) is 12.6 Å². The van der Waals surface area contributed by atoms with Crippen LogP contribution in [-0.2, 0) is 27.3 Å². The van der Waals surface area contributed by atoms with Gasteiger partial charge in [0, 0.05) is 106 Å². The number of amidine groups is 1. The van der Waals surface area contributed by atoms with Crippen LogP contribution < -0.4 is 20.1 Å². The molecule has 1 aromatic heterocycles. The Labute approximate surface area is 411 Å². The van der Waals surface area contributed by atoms with Gasteiger partial charge in [-0.05, 0) is 119 Å². The zero-order chi connectivity index (χ0) is 50.5. The maximum Gasteiger partial charge on any atom is 0.278 e. The van der Waals surface area contributed by atoms with E-state index in [-0.39, 0.29) is 24.4 Å². The smallest absolute Gasteiger partial charge is 0.278 e. The number of hydrogen-bond donors (Lipinski definition) is 2. The number of anilines is 4. The lowest BCUT2D eigenvalue weighted by molar-refractivity contribution is -0.125. The van der Waals surface area contributed by atoms with Gasteiger partial charge in [0.1, 0.15) is 30.6 Å². The second-order valence-corrected chi connectivity index (χ2v) is 17.0. The number of Topliss-reactive ketones (excluding diaryl/α,β-unsaturated/α-hetero) is 1. The van der Waals surface area contributed by atoms with Crippen LogP contribution in [0, 0.1) is 0 Å². The number of rotatable bonds is 19. The number of likely N-dealkylation sites (N-methyl/N-ethyl adjacent to an activating group) is 1. The average Bonchev–Trinajstić information content (AvgIpc) is 3.92. The first-order chi connectivity index (χ1) is 33.7. The zero-order valence-corrected chi connectivity index (χ0v) is 42.6. The number of hydrogen-bond acceptors (Lipinski definition) is 13. The lowest BCUT2D eigenvalue weighted by atomic mass is 10.0. The molecule has 2 unspecified atom stereocenters. The number of benzene rings is 2. The molecule has 2 N–H and O–H groups in total. The van der Waals surface area contributed by atoms with Crippen molar-refractivity contribution >= 4 is 59.7 Å². The fourth-order valence-corrected chi connectivity index (χ4v) is 9.47. The number of nitrogens with zero attached hydrogens (tertiary/aromatic N) is 9. The summed E-state index contributed by atoms with van der Waals surface area (Å²) in [6.07, 6.45) is 11.1. The number of carbonyl (C=O) groups is 4. The van der Waals surface area contributed by atoms with Crippen molar-refractivity contribution in [1.82, 2.24) is 19.8 Å². The second kappa shape index (κ2) is 28.5. The highest BCUT2D eigenvalue weighted by molar-refractivity contribution is 6.31. The van der Waals surface area contributed by atoms with Crippen LogP contribution >= 0.6 is 0 Å². The summed E-state index contributed by atoms with van der Waals surface area (Å²) in [6.45, 7) is 25.9. The molecule has 4 heterocycles. The van der Waals surface area contributed by atoms with Crippen molar-refractivity contribution in [2.24, 2.45) is 9.98 Å². The van der Waals surface area contributed by atoms with E-state index >= 15 is 0 Å². The van der Waals surface area contributed by atoms with Crippen LogP contribution in [0.25, 0.3) is 0 Å². The molecule has 3 aliphatic heterocycles. The van der Waals surface area contributed by atoms with Crippen LogP contribution in [0.5, 0.6) is 0 Å². The highest BCUT2D eigenvalue weighted by Crippen LogP contribution is 2.37. The molecule has 15 nitrogen and oxygen atoms in total. The highest BCUT2D eigenvalue weighted by atomic mass is 16.2. The van der Waals surface area contributed by atoms with E-state index in [1.165, 1.54) is 24.4 Å². The van der Waals surface area contributed by atoms with E-state index in [9.17, 15) is 19.2 Å². The number of carbonyl (C=O) groups excluding carboxylic acids is 4. The molecule has 3 fully saturated rings. The van der Waals surface area contributed by atoms with Gasteiger partial charge in [-0.15, -0.1) is 6.58 Å². The predicted octanol–water partition coefficient (Wildman–Crippen LogP) is 7.96. The Morgan fingerprint density at radius 2 is 1.61 bits per heavy atom. The summed E-state index contributed by atoms with van der Waals surface area (Å²) in [4.78, 5) is 72.3. The maximum atomic E-state index is 13.7. The number of amides is 1. The van der Waals surface area contributed by atoms with Gasteiger partial charge in [0.15, 0.2) is 11.7 Å². The van der Waals surface area contributed by atoms with Gasteiger partial charge < -0.3 is 29.8 Å². The molecule has 3 aromatic rings. The molecular weight excluding hydrogens is 869 g/mol. The summed E-state index contributed by atoms with van der Waals surface area (Å²) in [6, 6.07) is 18.7. The number of aliphatic hydroxyl groups excluding tert-OH is 1. The summed E-state index contributed by atoms with van der Waals surface area (Å²) in [5, 5.41) is 13.8. The molecule has 3 saturated heterocycles. The maximum absolute atomic E-state index is 13.7. The van der Waals surface area contributed by atoms with E-state index in [0.717, 1.165) is 114 Å². The summed E-state index contributed by atoms with van der Waals surface area (Å²) >= 11 is 0. The Kier molecular flexibility index (Phi) is 22.9. The molecule has 1 aliphatic carbocycles. The topological polar surface area (TPSA) is 158 Å². The number of fused-ring (bicyclic) bond motifs is 1. The number of aldehydes is 2. The van der Waals surface area contributed by atoms with Crippen molar-refractivity contribution in [3.05, 3.63) is 101 Å². The van der Waals surface area contributed by atoms with Crippen LogP contribution in [0.4, 0.5) is 22.9 Å². The predicted molar refractivity (Wildman–Crippen MR) is 283 cm³/mol. The fraction of sp³-hybridized carbons (Fsp3) is 0.500. The molecule has 1 amide bonds. The third kappa shape index (κ3) is 14.0. The minimum Gasteiger partial charge on any atom is -0.400 e. The fourth-order valence-electron chi connectivity index (χ4n) is 9.47. The van der Waals surface area contributed by atoms with Crippen molar-refractivity contribution in [2.45, 2.75) is 111 Å². The van der Waals surface area contributed by atoms with Crippen molar-refractivity contribution < 1.29 is 24.3 Å². The third-order valence-electron chi connectivity index (χ3n) is 13.1. The highest BCUT2D eigenvalue weighted by Gasteiger charge is 2.41. The molecule has 0 spiro atoms. The Morgan fingerprint density at radius 1 is 0.942 bits per heavy atom. The molecule has 374 valence electrons. The Morgan fingerprint density at radius 3 is 2.22 bits per heavy atom. The summed E-state index contributed by atoms with van der Waals surface area (Å²) < 4.78 is 0. The zero-order valence-electron chi connectivity index (χ0n) is 42.6. The Hall–Kier alpha value is -6.03. The van der Waals surface area contributed by atoms with E-state index in [1.807, 2.05) is 57.8 Å². The third-order valence-corrected chi connectivity index (χ3v) is 13.1. The number of aliphatic imine (C=N–C) groups is 2. The van der Waals surface area contributed by atoms with Gasteiger partial charge in [-0.25, -0.2) is 20.0 Å². The average molecular weight is 947 g/mol. The minimum atomic E-state index is -0.381. The SMILES string of the molecule is C=CCN1C(=O)C(=C/N=C)/C(=N\CNc2ccc(N3CCC(N4CCN(c5ccc(C=O)c(CN(C)C(C=O)CCC(C)=O)c5)CC4)CC3)cc2)N1c1ccc2c(n1)C(CC)CC2.CC.CC.CO. The summed E-state index contributed by atoms with van der Waals surface area (Å²) in [7, 11) is 2.87. The van der Waals surface area contributed by atoms with Crippen molar-refractivity contribution in [1.29, 1.82) is 0 Å². The van der Waals surface area contributed by atoms with Gasteiger partial charge in [-0.2, -0.15) is 0 Å². The minimum absolute atomic E-state index is 0.0622. The summed E-state index contributed by atoms with van der Waals surface area (Å²) in [5.41, 5.74) is 7.45. The van der Waals surface area contributed by atoms with Gasteiger partial charge in [0.2, 0.25) is 0 Å². The second-order valence-electron chi connectivity index (χ2n) is 17.0. The van der Waals surface area contributed by atoms with Gasteiger partial charge in [-0.3, -0.25) is 24.4 Å². The number of hydrazine groups is 1. The molecule has 2 atom stereocenters. The quantitative estimate of drug-likeness (QED) is 0.0518. The van der Waals surface area contributed by atoms with Gasteiger partial charge in [-0.1, -0.05) is 46.8 Å². The standard InChI is InChI=1S/C49H62N10O4.2C2H6.CH4O/c1-6-22-58-49(63)45(30-50-4)48(59(58)46-19-12-37-10-9-36(7-2)47(37)53-46)52-34-51-40-13-17-41(18-14-40)55-23-20-42(21-24-55)56-25-27-57(28-26-56)43-16-11-38(32-60)39(29-43)31-54(5)44(33-61)15-8-35(3)62;3*1-2/h6,11-14,16-19,29-30,32-33,36,42,44,51H,1,4,7-10,15,20-28,31,34H2,2-3,5H3;2*1-2H3;2H,1H3/b45-30+,52-48+;;;. The van der Waals surface area contributed by atoms with E-state index < -0.39 is 0 Å². The Bertz CT molecular complexity index is 2210. The summed E-state index contributed by atoms with van der Waals surface area (Å²) in [5.74, 6) is 1.36. The number of ketones is 1. The lowest BCUT2D eigenvalue weighted by Gasteiger charge is -2.44. The number of aliphatic hydroxyl groups is 1. The van der Waals surface area contributed by atoms with E-state index in [4.69, 9.17) is 15.1 Å². The van der Waals surface area contributed by atoms with E-state index in [1.54, 1.807) is 16.1 Å². The molecule has 4 aliphatic rings. The number of piperidine rings is 1. The molecule has 69 heavy (non-hydrogen) atoms.